The molecule has 0 saturated heterocycles. The minimum atomic E-state index is -0.00714. The number of nitrogens with one attached hydrogen (secondary N) is 2. The number of likely N-dealkylation sites (N-methyl/N-ethyl adjacent to an activating group) is 1. The van der Waals surface area contributed by atoms with E-state index in [-0.39, 0.29) is 11.9 Å². The van der Waals surface area contributed by atoms with Crippen LogP contribution < -0.4 is 5.32 Å². The monoisotopic (exact) mass is 333 g/mol. The lowest BCUT2D eigenvalue weighted by Crippen LogP contribution is -2.39. The number of aryl methyl sites for hydroxylation is 1. The number of rotatable bonds is 6. The fourth-order valence-corrected chi connectivity index (χ4v) is 2.39. The largest absolute Gasteiger partial charge is 0.353 e. The maximum absolute atomic E-state index is 11.8. The normalized spacial score (nSPS) is 11.2. The van der Waals surface area contributed by atoms with Crippen LogP contribution in [0.1, 0.15) is 19.4 Å². The molecule has 0 fully saturated rings. The molecule has 0 atom stereocenters. The Bertz CT molecular complexity index is 717. The quantitative estimate of drug-likeness (QED) is 0.796. The van der Waals surface area contributed by atoms with E-state index in [1.165, 1.54) is 5.56 Å². The van der Waals surface area contributed by atoms with Gasteiger partial charge < -0.3 is 5.32 Å². The molecule has 0 bridgehead atoms. The molecule has 0 saturated carbocycles. The number of carbonyl (C=O) groups is 1. The predicted molar refractivity (Wildman–Crippen MR) is 93.5 cm³/mol. The number of aromatic nitrogens is 3. The highest BCUT2D eigenvalue weighted by atomic mass is 32.1. The lowest BCUT2D eigenvalue weighted by atomic mass is 10.1. The fourth-order valence-electron chi connectivity index (χ4n) is 2.20. The van der Waals surface area contributed by atoms with Gasteiger partial charge in [0.2, 0.25) is 10.7 Å². The van der Waals surface area contributed by atoms with Gasteiger partial charge in [0.15, 0.2) is 5.82 Å². The molecule has 1 aromatic carbocycles. The Morgan fingerprint density at radius 3 is 2.65 bits per heavy atom. The summed E-state index contributed by atoms with van der Waals surface area (Å²) in [4.78, 5) is 18.0. The van der Waals surface area contributed by atoms with E-state index in [1.54, 1.807) is 4.68 Å². The summed E-state index contributed by atoms with van der Waals surface area (Å²) < 4.78 is 2.23. The Balaban J connectivity index is 2.05. The molecular weight excluding hydrogens is 310 g/mol. The van der Waals surface area contributed by atoms with Crippen LogP contribution in [0.2, 0.25) is 0 Å². The molecule has 6 nitrogen and oxygen atoms in total. The van der Waals surface area contributed by atoms with Crippen molar-refractivity contribution < 1.29 is 4.79 Å². The van der Waals surface area contributed by atoms with Crippen molar-refractivity contribution in [2.45, 2.75) is 33.5 Å². The first kappa shape index (κ1) is 17.4. The first-order chi connectivity index (χ1) is 10.8. The van der Waals surface area contributed by atoms with E-state index in [1.807, 2.05) is 57.0 Å². The average Bonchev–Trinajstić information content (AvgIpc) is 2.79. The van der Waals surface area contributed by atoms with Gasteiger partial charge in [0.1, 0.15) is 0 Å². The third kappa shape index (κ3) is 5.01. The minimum absolute atomic E-state index is 0.00714. The van der Waals surface area contributed by atoms with Gasteiger partial charge in [-0.25, -0.2) is 4.68 Å². The van der Waals surface area contributed by atoms with E-state index in [9.17, 15) is 4.79 Å². The summed E-state index contributed by atoms with van der Waals surface area (Å²) in [5, 5.41) is 6.06. The van der Waals surface area contributed by atoms with Crippen molar-refractivity contribution in [3.63, 3.8) is 0 Å². The summed E-state index contributed by atoms with van der Waals surface area (Å²) in [7, 11) is 1.87. The first-order valence-electron chi connectivity index (χ1n) is 7.57. The number of carbonyl (C=O) groups excluding carboxylic acids is 1. The number of aromatic amines is 1. The van der Waals surface area contributed by atoms with E-state index in [0.29, 0.717) is 18.0 Å². The Kier molecular flexibility index (Phi) is 5.68. The number of nitrogens with zero attached hydrogens (tertiary/aromatic N) is 3. The number of hydrogen-bond acceptors (Lipinski definition) is 4. The molecular formula is C16H23N5OS. The summed E-state index contributed by atoms with van der Waals surface area (Å²) in [5.41, 5.74) is 2.18. The SMILES string of the molecule is Cc1ccc(-c2nc(=S)n(CN(C)CC(=O)NC(C)C)[nH]2)cc1. The zero-order valence-electron chi connectivity index (χ0n) is 14.0. The Morgan fingerprint density at radius 2 is 2.04 bits per heavy atom. The van der Waals surface area contributed by atoms with Crippen LogP contribution in [0.15, 0.2) is 24.3 Å². The molecule has 0 aliphatic rings. The average molecular weight is 333 g/mol. The molecule has 124 valence electrons. The number of H-pyrrole nitrogens is 1. The van der Waals surface area contributed by atoms with Gasteiger partial charge in [0.05, 0.1) is 13.2 Å². The summed E-state index contributed by atoms with van der Waals surface area (Å²) in [6.07, 6.45) is 0. The fraction of sp³-hybridized carbons (Fsp3) is 0.438. The van der Waals surface area contributed by atoms with Crippen LogP contribution in [0.4, 0.5) is 0 Å². The third-order valence-electron chi connectivity index (χ3n) is 3.25. The van der Waals surface area contributed by atoms with Crippen LogP contribution in [-0.4, -0.2) is 45.2 Å². The van der Waals surface area contributed by atoms with Gasteiger partial charge in [-0.1, -0.05) is 29.8 Å². The van der Waals surface area contributed by atoms with Crippen LogP contribution in [0.25, 0.3) is 11.4 Å². The molecule has 0 radical (unpaired) electrons. The smallest absolute Gasteiger partial charge is 0.234 e. The van der Waals surface area contributed by atoms with Crippen molar-refractivity contribution in [1.29, 1.82) is 0 Å². The number of benzene rings is 1. The highest BCUT2D eigenvalue weighted by Gasteiger charge is 2.10. The van der Waals surface area contributed by atoms with Crippen molar-refractivity contribution in [2.24, 2.45) is 0 Å². The lowest BCUT2D eigenvalue weighted by Gasteiger charge is -2.17. The van der Waals surface area contributed by atoms with Crippen LogP contribution in [0.5, 0.6) is 0 Å². The summed E-state index contributed by atoms with van der Waals surface area (Å²) in [5.74, 6) is 0.724. The highest BCUT2D eigenvalue weighted by Crippen LogP contribution is 2.15. The van der Waals surface area contributed by atoms with Gasteiger partial charge in [-0.3, -0.25) is 14.8 Å². The van der Waals surface area contributed by atoms with Gasteiger partial charge in [0.25, 0.3) is 0 Å². The van der Waals surface area contributed by atoms with Crippen molar-refractivity contribution in [3.05, 3.63) is 34.6 Å². The molecule has 1 amide bonds. The molecule has 1 heterocycles. The van der Waals surface area contributed by atoms with E-state index in [4.69, 9.17) is 12.2 Å². The van der Waals surface area contributed by atoms with Crippen LogP contribution in [0, 0.1) is 11.7 Å². The van der Waals surface area contributed by atoms with Crippen molar-refractivity contribution in [1.82, 2.24) is 25.0 Å². The second-order valence-corrected chi connectivity index (χ2v) is 6.39. The first-order valence-corrected chi connectivity index (χ1v) is 7.98. The van der Waals surface area contributed by atoms with Crippen molar-refractivity contribution in [2.75, 3.05) is 13.6 Å². The second kappa shape index (κ2) is 7.52. The van der Waals surface area contributed by atoms with Gasteiger partial charge in [-0.05, 0) is 40.0 Å². The lowest BCUT2D eigenvalue weighted by molar-refractivity contribution is -0.122. The maximum Gasteiger partial charge on any atom is 0.234 e. The molecule has 0 aliphatic heterocycles. The predicted octanol–water partition coefficient (Wildman–Crippen LogP) is 2.33. The molecule has 0 aliphatic carbocycles. The second-order valence-electron chi connectivity index (χ2n) is 6.03. The van der Waals surface area contributed by atoms with Crippen LogP contribution in [0.3, 0.4) is 0 Å². The van der Waals surface area contributed by atoms with Crippen LogP contribution in [-0.2, 0) is 11.5 Å². The van der Waals surface area contributed by atoms with E-state index in [0.717, 1.165) is 11.4 Å². The Morgan fingerprint density at radius 1 is 1.39 bits per heavy atom. The molecule has 0 unspecified atom stereocenters. The topological polar surface area (TPSA) is 66.0 Å². The third-order valence-corrected chi connectivity index (χ3v) is 3.56. The summed E-state index contributed by atoms with van der Waals surface area (Å²) >= 11 is 5.29. The Hall–Kier alpha value is -1.99. The molecule has 1 aromatic heterocycles. The summed E-state index contributed by atoms with van der Waals surface area (Å²) in [6, 6.07) is 8.22. The highest BCUT2D eigenvalue weighted by molar-refractivity contribution is 7.71. The number of amides is 1. The number of hydrogen-bond donors (Lipinski definition) is 2. The minimum Gasteiger partial charge on any atom is -0.353 e. The van der Waals surface area contributed by atoms with Crippen LogP contribution >= 0.6 is 12.2 Å². The van der Waals surface area contributed by atoms with Gasteiger partial charge in [-0.15, -0.1) is 0 Å². The molecule has 23 heavy (non-hydrogen) atoms. The zero-order valence-corrected chi connectivity index (χ0v) is 14.8. The molecule has 7 heteroatoms. The van der Waals surface area contributed by atoms with Gasteiger partial charge in [-0.2, -0.15) is 4.98 Å². The van der Waals surface area contributed by atoms with Gasteiger partial charge >= 0.3 is 0 Å². The molecule has 2 N–H and O–H groups in total. The Labute approximate surface area is 141 Å². The maximum atomic E-state index is 11.8. The van der Waals surface area contributed by atoms with E-state index < -0.39 is 0 Å². The molecule has 2 aromatic rings. The summed E-state index contributed by atoms with van der Waals surface area (Å²) in [6.45, 7) is 6.71. The van der Waals surface area contributed by atoms with Crippen molar-refractivity contribution >= 4 is 18.1 Å². The van der Waals surface area contributed by atoms with Crippen molar-refractivity contribution in [3.8, 4) is 11.4 Å². The molecule has 2 rings (SSSR count). The standard InChI is InChI=1S/C16H23N5OS/c1-11(2)17-14(22)9-20(4)10-21-16(23)18-15(19-21)13-7-5-12(3)6-8-13/h5-8,11H,9-10H2,1-4H3,(H,17,22)(H,18,19,23). The zero-order chi connectivity index (χ0) is 17.0. The molecule has 0 spiro atoms. The van der Waals surface area contributed by atoms with E-state index >= 15 is 0 Å². The van der Waals surface area contributed by atoms with Gasteiger partial charge in [0, 0.05) is 11.6 Å². The van der Waals surface area contributed by atoms with E-state index in [2.05, 4.69) is 15.4 Å².